The molecular formula is C31H33N3O3. The fraction of sp³-hybridized carbons (Fsp3) is 0.258. The largest absolute Gasteiger partial charge is 0.461 e. The Bertz CT molecular complexity index is 1370. The number of rotatable bonds is 9. The molecule has 4 rings (SSSR count). The number of carbonyl (C=O) groups excluding carboxylic acids is 2. The van der Waals surface area contributed by atoms with Crippen molar-refractivity contribution in [3.8, 4) is 16.9 Å². The Morgan fingerprint density at radius 1 is 0.946 bits per heavy atom. The molecule has 1 amide bonds. The van der Waals surface area contributed by atoms with Crippen molar-refractivity contribution in [1.82, 2.24) is 15.1 Å². The molecule has 3 aromatic carbocycles. The summed E-state index contributed by atoms with van der Waals surface area (Å²) in [6.45, 7) is 8.18. The number of esters is 1. The SMILES string of the molecule is CCOC(=O)c1cc(-c2ccc(C)c(C)c2)n(-c2ccc(C(=O)N[C@H](C)CCc3ccccc3)cc2)n1. The van der Waals surface area contributed by atoms with Crippen LogP contribution in [0.15, 0.2) is 78.9 Å². The van der Waals surface area contributed by atoms with Crippen molar-refractivity contribution in [2.45, 2.75) is 46.6 Å². The summed E-state index contributed by atoms with van der Waals surface area (Å²) >= 11 is 0. The van der Waals surface area contributed by atoms with Crippen LogP contribution in [0, 0.1) is 13.8 Å². The van der Waals surface area contributed by atoms with Crippen LogP contribution in [-0.4, -0.2) is 34.3 Å². The highest BCUT2D eigenvalue weighted by atomic mass is 16.5. The Balaban J connectivity index is 1.53. The third-order valence-electron chi connectivity index (χ3n) is 6.46. The van der Waals surface area contributed by atoms with Gasteiger partial charge in [0.15, 0.2) is 5.69 Å². The molecule has 1 N–H and O–H groups in total. The molecular weight excluding hydrogens is 462 g/mol. The van der Waals surface area contributed by atoms with E-state index in [1.165, 1.54) is 11.1 Å². The number of nitrogens with one attached hydrogen (secondary N) is 1. The van der Waals surface area contributed by atoms with Gasteiger partial charge in [-0.25, -0.2) is 9.48 Å². The topological polar surface area (TPSA) is 73.2 Å². The molecule has 0 fully saturated rings. The Morgan fingerprint density at radius 2 is 1.68 bits per heavy atom. The lowest BCUT2D eigenvalue weighted by Gasteiger charge is -2.14. The van der Waals surface area contributed by atoms with Crippen LogP contribution < -0.4 is 5.32 Å². The van der Waals surface area contributed by atoms with E-state index in [0.29, 0.717) is 5.56 Å². The Hall–Kier alpha value is -4.19. The Kier molecular flexibility index (Phi) is 8.18. The van der Waals surface area contributed by atoms with Gasteiger partial charge >= 0.3 is 5.97 Å². The third kappa shape index (κ3) is 6.33. The van der Waals surface area contributed by atoms with Gasteiger partial charge in [0, 0.05) is 17.2 Å². The van der Waals surface area contributed by atoms with Gasteiger partial charge < -0.3 is 10.1 Å². The number of hydrogen-bond acceptors (Lipinski definition) is 4. The highest BCUT2D eigenvalue weighted by molar-refractivity contribution is 5.94. The van der Waals surface area contributed by atoms with Crippen LogP contribution in [0.4, 0.5) is 0 Å². The van der Waals surface area contributed by atoms with Crippen LogP contribution in [0.2, 0.25) is 0 Å². The highest BCUT2D eigenvalue weighted by Gasteiger charge is 2.18. The summed E-state index contributed by atoms with van der Waals surface area (Å²) in [5.74, 6) is -0.582. The highest BCUT2D eigenvalue weighted by Crippen LogP contribution is 2.26. The maximum atomic E-state index is 12.8. The van der Waals surface area contributed by atoms with E-state index in [0.717, 1.165) is 35.3 Å². The van der Waals surface area contributed by atoms with Crippen molar-refractivity contribution in [1.29, 1.82) is 0 Å². The van der Waals surface area contributed by atoms with E-state index >= 15 is 0 Å². The fourth-order valence-electron chi connectivity index (χ4n) is 4.15. The molecule has 0 bridgehead atoms. The number of hydrogen-bond donors (Lipinski definition) is 1. The van der Waals surface area contributed by atoms with Crippen molar-refractivity contribution in [2.24, 2.45) is 0 Å². The molecule has 0 spiro atoms. The number of nitrogens with zero attached hydrogens (tertiary/aromatic N) is 2. The average molecular weight is 496 g/mol. The van der Waals surface area contributed by atoms with Crippen LogP contribution in [0.25, 0.3) is 16.9 Å². The van der Waals surface area contributed by atoms with E-state index in [2.05, 4.69) is 48.5 Å². The van der Waals surface area contributed by atoms with E-state index in [4.69, 9.17) is 4.74 Å². The second kappa shape index (κ2) is 11.7. The van der Waals surface area contributed by atoms with Crippen molar-refractivity contribution < 1.29 is 14.3 Å². The lowest BCUT2D eigenvalue weighted by Crippen LogP contribution is -2.32. The van der Waals surface area contributed by atoms with Crippen LogP contribution in [-0.2, 0) is 11.2 Å². The zero-order valence-corrected chi connectivity index (χ0v) is 21.8. The van der Waals surface area contributed by atoms with Gasteiger partial charge in [-0.15, -0.1) is 0 Å². The predicted molar refractivity (Wildman–Crippen MR) is 146 cm³/mol. The van der Waals surface area contributed by atoms with Gasteiger partial charge in [0.25, 0.3) is 5.91 Å². The molecule has 0 unspecified atom stereocenters. The maximum Gasteiger partial charge on any atom is 0.358 e. The van der Waals surface area contributed by atoms with Crippen molar-refractivity contribution in [3.63, 3.8) is 0 Å². The van der Waals surface area contributed by atoms with Crippen molar-refractivity contribution in [3.05, 3.63) is 107 Å². The molecule has 1 heterocycles. The molecule has 0 aliphatic heterocycles. The van der Waals surface area contributed by atoms with E-state index in [1.807, 2.05) is 43.3 Å². The molecule has 190 valence electrons. The zero-order valence-electron chi connectivity index (χ0n) is 21.8. The molecule has 0 saturated heterocycles. The normalized spacial score (nSPS) is 11.7. The zero-order chi connectivity index (χ0) is 26.4. The lowest BCUT2D eigenvalue weighted by atomic mass is 10.0. The summed E-state index contributed by atoms with van der Waals surface area (Å²) in [7, 11) is 0. The minimum absolute atomic E-state index is 0.0435. The Labute approximate surface area is 218 Å². The second-order valence-electron chi connectivity index (χ2n) is 9.29. The predicted octanol–water partition coefficient (Wildman–Crippen LogP) is 6.08. The molecule has 0 aliphatic carbocycles. The summed E-state index contributed by atoms with van der Waals surface area (Å²) in [5.41, 5.74) is 6.87. The molecule has 0 radical (unpaired) electrons. The summed E-state index contributed by atoms with van der Waals surface area (Å²) < 4.78 is 6.90. The third-order valence-corrected chi connectivity index (χ3v) is 6.46. The smallest absolute Gasteiger partial charge is 0.358 e. The van der Waals surface area contributed by atoms with E-state index < -0.39 is 5.97 Å². The first kappa shape index (κ1) is 25.9. The number of aromatic nitrogens is 2. The van der Waals surface area contributed by atoms with Gasteiger partial charge in [-0.2, -0.15) is 5.10 Å². The first-order valence-corrected chi connectivity index (χ1v) is 12.7. The number of aryl methyl sites for hydroxylation is 3. The molecule has 6 heteroatoms. The second-order valence-corrected chi connectivity index (χ2v) is 9.29. The molecule has 0 aliphatic rings. The average Bonchev–Trinajstić information content (AvgIpc) is 3.36. The fourth-order valence-corrected chi connectivity index (χ4v) is 4.15. The van der Waals surface area contributed by atoms with Gasteiger partial charge in [0.2, 0.25) is 0 Å². The molecule has 37 heavy (non-hydrogen) atoms. The monoisotopic (exact) mass is 495 g/mol. The Morgan fingerprint density at radius 3 is 2.35 bits per heavy atom. The number of amides is 1. The summed E-state index contributed by atoms with van der Waals surface area (Å²) in [4.78, 5) is 25.3. The minimum atomic E-state index is -0.466. The van der Waals surface area contributed by atoms with Crippen molar-refractivity contribution in [2.75, 3.05) is 6.61 Å². The quantitative estimate of drug-likeness (QED) is 0.286. The summed E-state index contributed by atoms with van der Waals surface area (Å²) in [6.07, 6.45) is 1.77. The lowest BCUT2D eigenvalue weighted by molar-refractivity contribution is 0.0518. The van der Waals surface area contributed by atoms with Gasteiger partial charge in [-0.05, 0) is 93.6 Å². The van der Waals surface area contributed by atoms with Crippen LogP contribution in [0.5, 0.6) is 0 Å². The minimum Gasteiger partial charge on any atom is -0.461 e. The molecule has 1 atom stereocenters. The van der Waals surface area contributed by atoms with Crippen LogP contribution in [0.3, 0.4) is 0 Å². The molecule has 1 aromatic heterocycles. The van der Waals surface area contributed by atoms with Gasteiger partial charge in [0.05, 0.1) is 18.0 Å². The van der Waals surface area contributed by atoms with E-state index in [9.17, 15) is 9.59 Å². The maximum absolute atomic E-state index is 12.8. The number of ether oxygens (including phenoxy) is 1. The van der Waals surface area contributed by atoms with Crippen molar-refractivity contribution >= 4 is 11.9 Å². The summed E-state index contributed by atoms with van der Waals surface area (Å²) in [5, 5.41) is 7.63. The van der Waals surface area contributed by atoms with Crippen LogP contribution >= 0.6 is 0 Å². The molecule has 0 saturated carbocycles. The van der Waals surface area contributed by atoms with E-state index in [1.54, 1.807) is 29.8 Å². The van der Waals surface area contributed by atoms with E-state index in [-0.39, 0.29) is 24.2 Å². The number of benzene rings is 3. The first-order valence-electron chi connectivity index (χ1n) is 12.7. The molecule has 6 nitrogen and oxygen atoms in total. The standard InChI is InChI=1S/C31H33N3O3/c1-5-37-31(36)28-20-29(26-14-11-21(2)22(3)19-26)34(33-28)27-17-15-25(16-18-27)30(35)32-23(4)12-13-24-9-7-6-8-10-24/h6-11,14-20,23H,5,12-13H2,1-4H3,(H,32,35)/t23-/m1/s1. The van der Waals surface area contributed by atoms with Gasteiger partial charge in [0.1, 0.15) is 0 Å². The van der Waals surface area contributed by atoms with Gasteiger partial charge in [-0.3, -0.25) is 4.79 Å². The summed E-state index contributed by atoms with van der Waals surface area (Å²) in [6, 6.07) is 25.5. The molecule has 4 aromatic rings. The van der Waals surface area contributed by atoms with Crippen LogP contribution in [0.1, 0.15) is 57.8 Å². The number of carbonyl (C=O) groups is 2. The first-order chi connectivity index (χ1) is 17.9. The van der Waals surface area contributed by atoms with Gasteiger partial charge in [-0.1, -0.05) is 42.5 Å².